The van der Waals surface area contributed by atoms with Crippen molar-refractivity contribution in [2.45, 2.75) is 20.8 Å². The number of anilines is 4. The second kappa shape index (κ2) is 9.79. The number of methoxy groups -OCH3 is 1. The van der Waals surface area contributed by atoms with E-state index in [9.17, 15) is 4.79 Å². The Kier molecular flexibility index (Phi) is 6.62. The fraction of sp³-hybridized carbons (Fsp3) is 0.304. The van der Waals surface area contributed by atoms with Crippen molar-refractivity contribution in [1.29, 1.82) is 0 Å². The lowest BCUT2D eigenvalue weighted by atomic mass is 10.1. The second-order valence-corrected chi connectivity index (χ2v) is 7.72. The van der Waals surface area contributed by atoms with Crippen molar-refractivity contribution in [3.63, 3.8) is 0 Å². The van der Waals surface area contributed by atoms with E-state index in [-0.39, 0.29) is 18.0 Å². The molecule has 0 aliphatic heterocycles. The highest BCUT2D eigenvalue weighted by Gasteiger charge is 2.21. The molecule has 0 atom stereocenters. The highest BCUT2D eigenvalue weighted by molar-refractivity contribution is 5.96. The number of para-hydroxylation sites is 1. The highest BCUT2D eigenvalue weighted by Crippen LogP contribution is 2.37. The fourth-order valence-corrected chi connectivity index (χ4v) is 3.58. The van der Waals surface area contributed by atoms with Crippen LogP contribution in [0, 0.1) is 13.8 Å². The van der Waals surface area contributed by atoms with Crippen LogP contribution in [0.4, 0.5) is 23.1 Å². The van der Waals surface area contributed by atoms with E-state index in [1.54, 1.807) is 36.8 Å². The minimum Gasteiger partial charge on any atom is -0.494 e. The van der Waals surface area contributed by atoms with E-state index in [2.05, 4.69) is 35.8 Å². The third-order valence-electron chi connectivity index (χ3n) is 5.34. The summed E-state index contributed by atoms with van der Waals surface area (Å²) in [5.41, 5.74) is 3.96. The Balaban J connectivity index is 1.76. The lowest BCUT2D eigenvalue weighted by molar-refractivity contribution is 0.0526. The lowest BCUT2D eigenvalue weighted by Gasteiger charge is -2.16. The van der Waals surface area contributed by atoms with Crippen LogP contribution < -0.4 is 15.4 Å². The minimum atomic E-state index is -0.545. The first-order valence-corrected chi connectivity index (χ1v) is 10.9. The van der Waals surface area contributed by atoms with Gasteiger partial charge in [-0.25, -0.2) is 14.8 Å². The summed E-state index contributed by atoms with van der Waals surface area (Å²) < 4.78 is 14.3. The van der Waals surface area contributed by atoms with Crippen LogP contribution in [0.2, 0.25) is 0 Å². The predicted octanol–water partition coefficient (Wildman–Crippen LogP) is 3.29. The summed E-state index contributed by atoms with van der Waals surface area (Å²) >= 11 is 0. The van der Waals surface area contributed by atoms with Crippen molar-refractivity contribution in [2.75, 3.05) is 24.4 Å². The third kappa shape index (κ3) is 4.76. The summed E-state index contributed by atoms with van der Waals surface area (Å²) in [6.07, 6.45) is 3.03. The molecule has 4 aromatic rings. The van der Waals surface area contributed by atoms with Gasteiger partial charge in [0.05, 0.1) is 42.0 Å². The van der Waals surface area contributed by atoms with Crippen molar-refractivity contribution >= 4 is 29.1 Å². The summed E-state index contributed by atoms with van der Waals surface area (Å²) in [5, 5.41) is 15.2. The van der Waals surface area contributed by atoms with Gasteiger partial charge in [0, 0.05) is 20.3 Å². The van der Waals surface area contributed by atoms with Gasteiger partial charge in [-0.1, -0.05) is 6.07 Å². The molecule has 3 heterocycles. The van der Waals surface area contributed by atoms with Crippen LogP contribution in [0.25, 0.3) is 11.4 Å². The first kappa shape index (κ1) is 23.7. The van der Waals surface area contributed by atoms with Gasteiger partial charge in [0.15, 0.2) is 17.4 Å². The molecule has 0 amide bonds. The summed E-state index contributed by atoms with van der Waals surface area (Å²) in [6.45, 7) is 5.79. The zero-order valence-electron chi connectivity index (χ0n) is 20.4. The number of carbonyl (C=O) groups excluding carboxylic acids is 1. The number of aromatic nitrogens is 7. The Morgan fingerprint density at radius 3 is 2.54 bits per heavy atom. The standard InChI is InChI=1S/C23H27N9O3/c1-7-35-22(33)16-11-24-23(27-18-13(2)29-32(5)14(18)3)28-21(16)26-17-10-8-9-15(19(17)34-6)20-25-12-31(4)30-20/h8-12H,7H2,1-6H3,(H2,24,26,27,28). The van der Waals surface area contributed by atoms with Crippen LogP contribution in [-0.4, -0.2) is 54.2 Å². The molecule has 182 valence electrons. The van der Waals surface area contributed by atoms with E-state index in [1.807, 2.05) is 39.1 Å². The molecule has 0 aliphatic rings. The molecule has 0 saturated heterocycles. The van der Waals surface area contributed by atoms with Gasteiger partial charge in [-0.15, -0.1) is 0 Å². The maximum absolute atomic E-state index is 12.7. The smallest absolute Gasteiger partial charge is 0.343 e. The number of ether oxygens (including phenoxy) is 2. The van der Waals surface area contributed by atoms with Crippen LogP contribution in [-0.2, 0) is 18.8 Å². The summed E-state index contributed by atoms with van der Waals surface area (Å²) in [4.78, 5) is 25.9. The average molecular weight is 478 g/mol. The molecular formula is C23H27N9O3. The van der Waals surface area contributed by atoms with Gasteiger partial charge in [0.25, 0.3) is 0 Å². The number of aryl methyl sites for hydroxylation is 3. The van der Waals surface area contributed by atoms with Crippen molar-refractivity contribution in [1.82, 2.24) is 34.5 Å². The summed E-state index contributed by atoms with van der Waals surface area (Å²) in [6, 6.07) is 5.50. The topological polar surface area (TPSA) is 134 Å². The molecule has 0 fully saturated rings. The maximum Gasteiger partial charge on any atom is 0.343 e. The normalized spacial score (nSPS) is 10.8. The summed E-state index contributed by atoms with van der Waals surface area (Å²) in [5.74, 6) is 1.01. The number of hydrogen-bond acceptors (Lipinski definition) is 10. The fourth-order valence-electron chi connectivity index (χ4n) is 3.58. The van der Waals surface area contributed by atoms with Gasteiger partial charge < -0.3 is 20.1 Å². The third-order valence-corrected chi connectivity index (χ3v) is 5.34. The number of carbonyl (C=O) groups is 1. The van der Waals surface area contributed by atoms with E-state index >= 15 is 0 Å². The number of nitrogens with zero attached hydrogens (tertiary/aromatic N) is 7. The van der Waals surface area contributed by atoms with E-state index in [4.69, 9.17) is 9.47 Å². The molecule has 0 unspecified atom stereocenters. The van der Waals surface area contributed by atoms with Crippen molar-refractivity contribution in [2.24, 2.45) is 14.1 Å². The zero-order chi connectivity index (χ0) is 25.1. The molecule has 0 aliphatic carbocycles. The molecule has 2 N–H and O–H groups in total. The van der Waals surface area contributed by atoms with E-state index < -0.39 is 5.97 Å². The second-order valence-electron chi connectivity index (χ2n) is 7.72. The lowest BCUT2D eigenvalue weighted by Crippen LogP contribution is -2.12. The Labute approximate surface area is 202 Å². The first-order chi connectivity index (χ1) is 16.8. The molecule has 0 spiro atoms. The predicted molar refractivity (Wildman–Crippen MR) is 130 cm³/mol. The van der Waals surface area contributed by atoms with Gasteiger partial charge in [-0.2, -0.15) is 15.2 Å². The zero-order valence-corrected chi connectivity index (χ0v) is 20.4. The summed E-state index contributed by atoms with van der Waals surface area (Å²) in [7, 11) is 5.21. The maximum atomic E-state index is 12.7. The molecule has 12 nitrogen and oxygen atoms in total. The van der Waals surface area contributed by atoms with E-state index in [1.165, 1.54) is 6.20 Å². The average Bonchev–Trinajstić information content (AvgIpc) is 3.37. The quantitative estimate of drug-likeness (QED) is 0.364. The van der Waals surface area contributed by atoms with E-state index in [0.29, 0.717) is 28.8 Å². The van der Waals surface area contributed by atoms with Crippen molar-refractivity contribution in [3.8, 4) is 17.1 Å². The molecule has 0 saturated carbocycles. The number of nitrogens with one attached hydrogen (secondary N) is 2. The van der Waals surface area contributed by atoms with Crippen LogP contribution in [0.3, 0.4) is 0 Å². The number of rotatable bonds is 8. The van der Waals surface area contributed by atoms with Crippen molar-refractivity contribution < 1.29 is 14.3 Å². The molecular weight excluding hydrogens is 450 g/mol. The number of hydrogen-bond donors (Lipinski definition) is 2. The van der Waals surface area contributed by atoms with Gasteiger partial charge in [0.1, 0.15) is 11.9 Å². The number of esters is 1. The molecule has 1 aromatic carbocycles. The highest BCUT2D eigenvalue weighted by atomic mass is 16.5. The first-order valence-electron chi connectivity index (χ1n) is 10.9. The van der Waals surface area contributed by atoms with E-state index in [0.717, 1.165) is 17.1 Å². The molecule has 0 bridgehead atoms. The molecule has 0 radical (unpaired) electrons. The van der Waals surface area contributed by atoms with Crippen LogP contribution in [0.1, 0.15) is 28.7 Å². The minimum absolute atomic E-state index is 0.181. The molecule has 3 aromatic heterocycles. The number of benzene rings is 1. The SMILES string of the molecule is CCOC(=O)c1cnc(Nc2c(C)nn(C)c2C)nc1Nc1cccc(-c2ncn(C)n2)c1OC. The van der Waals surface area contributed by atoms with Gasteiger partial charge in [0.2, 0.25) is 5.95 Å². The largest absolute Gasteiger partial charge is 0.494 e. The van der Waals surface area contributed by atoms with Crippen molar-refractivity contribution in [3.05, 3.63) is 47.7 Å². The Bertz CT molecular complexity index is 1380. The van der Waals surface area contributed by atoms with Gasteiger partial charge >= 0.3 is 5.97 Å². The van der Waals surface area contributed by atoms with Crippen LogP contribution >= 0.6 is 0 Å². The monoisotopic (exact) mass is 477 g/mol. The van der Waals surface area contributed by atoms with Crippen LogP contribution in [0.15, 0.2) is 30.7 Å². The van der Waals surface area contributed by atoms with Gasteiger partial charge in [-0.05, 0) is 32.9 Å². The van der Waals surface area contributed by atoms with Crippen LogP contribution in [0.5, 0.6) is 5.75 Å². The molecule has 35 heavy (non-hydrogen) atoms. The van der Waals surface area contributed by atoms with Gasteiger partial charge in [-0.3, -0.25) is 9.36 Å². The molecule has 12 heteroatoms. The Morgan fingerprint density at radius 2 is 1.91 bits per heavy atom. The Morgan fingerprint density at radius 1 is 1.11 bits per heavy atom. The molecule has 4 rings (SSSR count). The Hall–Kier alpha value is -4.48.